The zero-order chi connectivity index (χ0) is 13.0. The van der Waals surface area contributed by atoms with Gasteiger partial charge in [-0.2, -0.15) is 5.26 Å². The number of amides is 1. The molecule has 2 rings (SSSR count). The number of nitriles is 1. The van der Waals surface area contributed by atoms with E-state index in [2.05, 4.69) is 11.4 Å². The zero-order valence-corrected chi connectivity index (χ0v) is 10.8. The maximum atomic E-state index is 12.0. The van der Waals surface area contributed by atoms with E-state index in [1.54, 1.807) is 12.1 Å². The summed E-state index contributed by atoms with van der Waals surface area (Å²) in [7, 11) is 0. The van der Waals surface area contributed by atoms with Gasteiger partial charge in [-0.05, 0) is 37.0 Å². The van der Waals surface area contributed by atoms with Crippen molar-refractivity contribution in [2.45, 2.75) is 31.2 Å². The van der Waals surface area contributed by atoms with Crippen LogP contribution in [-0.4, -0.2) is 11.9 Å². The average Bonchev–Trinajstić information content (AvgIpc) is 2.86. The Morgan fingerprint density at radius 2 is 2.11 bits per heavy atom. The predicted molar refractivity (Wildman–Crippen MR) is 70.2 cm³/mol. The molecule has 0 aliphatic heterocycles. The fraction of sp³-hybridized carbons (Fsp3) is 0.429. The summed E-state index contributed by atoms with van der Waals surface area (Å²) in [6, 6.07) is 9.48. The minimum absolute atomic E-state index is 0.00444. The molecule has 3 nitrogen and oxygen atoms in total. The largest absolute Gasteiger partial charge is 0.348 e. The molecule has 0 bridgehead atoms. The quantitative estimate of drug-likeness (QED) is 0.852. The summed E-state index contributed by atoms with van der Waals surface area (Å²) < 4.78 is 0. The molecule has 94 valence electrons. The van der Waals surface area contributed by atoms with E-state index in [1.165, 1.54) is 0 Å². The third-order valence-corrected chi connectivity index (χ3v) is 3.68. The van der Waals surface area contributed by atoms with Crippen LogP contribution in [0.3, 0.4) is 0 Å². The molecule has 2 atom stereocenters. The van der Waals surface area contributed by atoms with Gasteiger partial charge in [0.15, 0.2) is 0 Å². The second-order valence-electron chi connectivity index (χ2n) is 4.58. The number of hydrogen-bond donors (Lipinski definition) is 1. The monoisotopic (exact) mass is 262 g/mol. The minimum Gasteiger partial charge on any atom is -0.348 e. The lowest BCUT2D eigenvalue weighted by molar-refractivity contribution is 0.0933. The average molecular weight is 263 g/mol. The highest BCUT2D eigenvalue weighted by Gasteiger charge is 2.28. The number of carbonyl (C=O) groups excluding carboxylic acids is 1. The molecule has 1 aliphatic rings. The van der Waals surface area contributed by atoms with Crippen molar-refractivity contribution in [1.82, 2.24) is 5.32 Å². The Hall–Kier alpha value is -1.53. The topological polar surface area (TPSA) is 52.9 Å². The molecule has 1 fully saturated rings. The molecule has 0 aromatic heterocycles. The van der Waals surface area contributed by atoms with Crippen molar-refractivity contribution in [1.29, 1.82) is 5.26 Å². The number of hydrogen-bond acceptors (Lipinski definition) is 2. The third kappa shape index (κ3) is 2.83. The lowest BCUT2D eigenvalue weighted by Gasteiger charge is -2.15. The summed E-state index contributed by atoms with van der Waals surface area (Å²) in [6.45, 7) is 0. The highest BCUT2D eigenvalue weighted by molar-refractivity contribution is 6.17. The molecule has 4 heteroatoms. The Bertz CT molecular complexity index is 464. The Morgan fingerprint density at radius 3 is 2.72 bits per heavy atom. The fourth-order valence-corrected chi connectivity index (χ4v) is 2.46. The van der Waals surface area contributed by atoms with Crippen molar-refractivity contribution in [2.24, 2.45) is 5.92 Å². The van der Waals surface area contributed by atoms with Crippen LogP contribution in [0.25, 0.3) is 0 Å². The SMILES string of the molecule is N#CC1CCCC1NC(=O)c1ccc(CCl)cc1. The van der Waals surface area contributed by atoms with E-state index in [4.69, 9.17) is 16.9 Å². The lowest BCUT2D eigenvalue weighted by Crippen LogP contribution is -2.36. The summed E-state index contributed by atoms with van der Waals surface area (Å²) in [5.74, 6) is 0.292. The molecule has 1 aliphatic carbocycles. The first-order valence-corrected chi connectivity index (χ1v) is 6.63. The van der Waals surface area contributed by atoms with Gasteiger partial charge < -0.3 is 5.32 Å². The van der Waals surface area contributed by atoms with E-state index in [9.17, 15) is 4.79 Å². The molecule has 0 saturated heterocycles. The van der Waals surface area contributed by atoms with E-state index >= 15 is 0 Å². The molecule has 1 aromatic carbocycles. The first-order chi connectivity index (χ1) is 8.74. The van der Waals surface area contributed by atoms with Gasteiger partial charge in [0, 0.05) is 17.5 Å². The number of rotatable bonds is 3. The summed E-state index contributed by atoms with van der Waals surface area (Å²) in [5, 5.41) is 11.9. The van der Waals surface area contributed by atoms with Crippen LogP contribution >= 0.6 is 11.6 Å². The van der Waals surface area contributed by atoms with Crippen molar-refractivity contribution in [2.75, 3.05) is 0 Å². The van der Waals surface area contributed by atoms with Crippen LogP contribution in [0.5, 0.6) is 0 Å². The third-order valence-electron chi connectivity index (χ3n) is 3.37. The van der Waals surface area contributed by atoms with Crippen LogP contribution in [0.1, 0.15) is 35.2 Å². The standard InChI is InChI=1S/C14H15ClN2O/c15-8-10-4-6-11(7-5-10)14(18)17-13-3-1-2-12(13)9-16/h4-7,12-13H,1-3,8H2,(H,17,18). The number of nitrogens with zero attached hydrogens (tertiary/aromatic N) is 1. The molecular weight excluding hydrogens is 248 g/mol. The summed E-state index contributed by atoms with van der Waals surface area (Å²) in [6.07, 6.45) is 2.78. The van der Waals surface area contributed by atoms with Gasteiger partial charge in [0.25, 0.3) is 5.91 Å². The van der Waals surface area contributed by atoms with Crippen LogP contribution in [0.15, 0.2) is 24.3 Å². The highest BCUT2D eigenvalue weighted by atomic mass is 35.5. The normalized spacial score (nSPS) is 22.4. The van der Waals surface area contributed by atoms with Gasteiger partial charge in [-0.15, -0.1) is 11.6 Å². The molecule has 2 unspecified atom stereocenters. The summed E-state index contributed by atoms with van der Waals surface area (Å²) in [4.78, 5) is 12.0. The predicted octanol–water partition coefficient (Wildman–Crippen LogP) is 2.85. The number of carbonyl (C=O) groups is 1. The van der Waals surface area contributed by atoms with E-state index in [-0.39, 0.29) is 17.9 Å². The van der Waals surface area contributed by atoms with Crippen molar-refractivity contribution in [3.8, 4) is 6.07 Å². The van der Waals surface area contributed by atoms with Crippen LogP contribution in [0.4, 0.5) is 0 Å². The number of nitrogens with one attached hydrogen (secondary N) is 1. The van der Waals surface area contributed by atoms with Crippen molar-refractivity contribution >= 4 is 17.5 Å². The zero-order valence-electron chi connectivity index (χ0n) is 10.0. The lowest BCUT2D eigenvalue weighted by atomic mass is 10.0. The van der Waals surface area contributed by atoms with Gasteiger partial charge in [-0.1, -0.05) is 12.1 Å². The molecule has 1 saturated carbocycles. The number of alkyl halides is 1. The first-order valence-electron chi connectivity index (χ1n) is 6.10. The second kappa shape index (κ2) is 5.88. The van der Waals surface area contributed by atoms with Gasteiger partial charge >= 0.3 is 0 Å². The van der Waals surface area contributed by atoms with Gasteiger partial charge in [-0.3, -0.25) is 4.79 Å². The van der Waals surface area contributed by atoms with Gasteiger partial charge in [0.05, 0.1) is 12.0 Å². The van der Waals surface area contributed by atoms with Crippen LogP contribution in [0.2, 0.25) is 0 Å². The maximum absolute atomic E-state index is 12.0. The van der Waals surface area contributed by atoms with E-state index in [0.717, 1.165) is 24.8 Å². The molecule has 0 radical (unpaired) electrons. The van der Waals surface area contributed by atoms with Crippen molar-refractivity contribution < 1.29 is 4.79 Å². The Balaban J connectivity index is 2.01. The van der Waals surface area contributed by atoms with E-state index in [0.29, 0.717) is 11.4 Å². The Labute approximate surface area is 112 Å². The summed E-state index contributed by atoms with van der Waals surface area (Å²) in [5.41, 5.74) is 1.61. The van der Waals surface area contributed by atoms with E-state index in [1.807, 2.05) is 12.1 Å². The minimum atomic E-state index is -0.108. The van der Waals surface area contributed by atoms with Gasteiger partial charge in [0.2, 0.25) is 0 Å². The molecule has 1 amide bonds. The maximum Gasteiger partial charge on any atom is 0.251 e. The van der Waals surface area contributed by atoms with Crippen LogP contribution < -0.4 is 5.32 Å². The first kappa shape index (κ1) is 12.9. The Morgan fingerprint density at radius 1 is 1.39 bits per heavy atom. The summed E-state index contributed by atoms with van der Waals surface area (Å²) >= 11 is 5.70. The van der Waals surface area contributed by atoms with Crippen molar-refractivity contribution in [3.05, 3.63) is 35.4 Å². The molecule has 1 aromatic rings. The Kier molecular flexibility index (Phi) is 4.22. The molecule has 0 spiro atoms. The second-order valence-corrected chi connectivity index (χ2v) is 4.84. The van der Waals surface area contributed by atoms with Crippen LogP contribution in [0, 0.1) is 17.2 Å². The molecule has 18 heavy (non-hydrogen) atoms. The molecule has 0 heterocycles. The highest BCUT2D eigenvalue weighted by Crippen LogP contribution is 2.25. The van der Waals surface area contributed by atoms with Crippen molar-refractivity contribution in [3.63, 3.8) is 0 Å². The van der Waals surface area contributed by atoms with Gasteiger partial charge in [-0.25, -0.2) is 0 Å². The number of halogens is 1. The molecule has 1 N–H and O–H groups in total. The van der Waals surface area contributed by atoms with Crippen LogP contribution in [-0.2, 0) is 5.88 Å². The fourth-order valence-electron chi connectivity index (χ4n) is 2.28. The molecular formula is C14H15ClN2O. The van der Waals surface area contributed by atoms with Gasteiger partial charge in [0.1, 0.15) is 0 Å². The van der Waals surface area contributed by atoms with E-state index < -0.39 is 0 Å². The number of benzene rings is 1. The smallest absolute Gasteiger partial charge is 0.251 e.